The number of carbonyl (C=O) groups excluding carboxylic acids is 1. The number of hydrogen-bond acceptors (Lipinski definition) is 3. The summed E-state index contributed by atoms with van der Waals surface area (Å²) in [6.45, 7) is 1.99. The molecule has 0 radical (unpaired) electrons. The van der Waals surface area contributed by atoms with Gasteiger partial charge < -0.3 is 9.84 Å². The molecule has 0 spiro atoms. The van der Waals surface area contributed by atoms with Crippen LogP contribution in [0.5, 0.6) is 0 Å². The summed E-state index contributed by atoms with van der Waals surface area (Å²) in [5.41, 5.74) is 0. The molecule has 0 aromatic carbocycles. The molecule has 0 N–H and O–H groups in total. The van der Waals surface area contributed by atoms with Gasteiger partial charge in [-0.25, -0.2) is 0 Å². The van der Waals surface area contributed by atoms with E-state index in [-0.39, 0.29) is 29.6 Å². The fraction of sp³-hybridized carbons (Fsp3) is 0.400. The van der Waals surface area contributed by atoms with Crippen LogP contribution in [0.4, 0.5) is 0 Å². The average Bonchev–Trinajstić information content (AvgIpc) is 1.68. The summed E-state index contributed by atoms with van der Waals surface area (Å²) >= 11 is 0. The number of rotatable bonds is 3. The van der Waals surface area contributed by atoms with Crippen LogP contribution in [0.25, 0.3) is 0 Å². The molecule has 0 aromatic rings. The smallest absolute Gasteiger partial charge is 0.613 e. The first kappa shape index (κ1) is 11.8. The Morgan fingerprint density at radius 3 is 2.67 bits per heavy atom. The maximum absolute atomic E-state index is 10.1. The first-order valence-corrected chi connectivity index (χ1v) is 2.26. The van der Waals surface area contributed by atoms with Crippen molar-refractivity contribution < 1.29 is 44.2 Å². The number of ether oxygens (including phenoxy) is 1. The molecule has 9 heavy (non-hydrogen) atoms. The molecular formula is C5H7NaO3. The van der Waals surface area contributed by atoms with Crippen LogP contribution in [0.15, 0.2) is 12.0 Å². The Labute approximate surface area is 76.0 Å². The second-order valence-electron chi connectivity index (χ2n) is 1.05. The molecule has 0 saturated heterocycles. The molecule has 0 fully saturated rings. The van der Waals surface area contributed by atoms with Crippen LogP contribution in [0.1, 0.15) is 6.92 Å². The Kier molecular flexibility index (Phi) is 10.5. The van der Waals surface area contributed by atoms with Gasteiger partial charge in [0.2, 0.25) is 0 Å². The number of hydrogen-bond donors (Lipinski definition) is 0. The van der Waals surface area contributed by atoms with E-state index in [9.17, 15) is 9.90 Å². The summed E-state index contributed by atoms with van der Waals surface area (Å²) in [6, 6.07) is 0. The third kappa shape index (κ3) is 8.01. The Balaban J connectivity index is 0. The number of allylic oxidation sites excluding steroid dienone is 1. The molecule has 0 atom stereocenters. The topological polar surface area (TPSA) is 49.4 Å². The van der Waals surface area contributed by atoms with Gasteiger partial charge in [-0.3, -0.25) is 4.79 Å². The fourth-order valence-electron chi connectivity index (χ4n) is 0.246. The van der Waals surface area contributed by atoms with E-state index in [0.29, 0.717) is 12.9 Å². The molecule has 0 aliphatic rings. The minimum Gasteiger partial charge on any atom is -0.613 e. The number of carbonyl (C=O) groups is 1. The van der Waals surface area contributed by atoms with E-state index in [1.54, 1.807) is 6.92 Å². The van der Waals surface area contributed by atoms with E-state index >= 15 is 0 Å². The summed E-state index contributed by atoms with van der Waals surface area (Å²) in [4.78, 5) is 9.53. The van der Waals surface area contributed by atoms with Crippen molar-refractivity contribution in [2.45, 2.75) is 6.92 Å². The predicted octanol–water partition coefficient (Wildman–Crippen LogP) is -3.57. The zero-order valence-electron chi connectivity index (χ0n) is 5.59. The second kappa shape index (κ2) is 8.01. The van der Waals surface area contributed by atoms with Crippen molar-refractivity contribution in [3.63, 3.8) is 0 Å². The molecular weight excluding hydrogens is 131 g/mol. The van der Waals surface area contributed by atoms with Crippen LogP contribution in [-0.2, 0) is 9.53 Å². The summed E-state index contributed by atoms with van der Waals surface area (Å²) in [5.74, 6) is -0.581. The Hall–Kier alpha value is 0.0100. The molecule has 0 aliphatic carbocycles. The molecule has 0 bridgehead atoms. The van der Waals surface area contributed by atoms with Gasteiger partial charge in [0.25, 0.3) is 0 Å². The zero-order valence-corrected chi connectivity index (χ0v) is 7.59. The first-order valence-electron chi connectivity index (χ1n) is 2.26. The van der Waals surface area contributed by atoms with Crippen LogP contribution in [0.3, 0.4) is 0 Å². The van der Waals surface area contributed by atoms with E-state index < -0.39 is 5.95 Å². The quantitative estimate of drug-likeness (QED) is 0.175. The van der Waals surface area contributed by atoms with Gasteiger partial charge in [-0.15, -0.1) is 0 Å². The minimum absolute atomic E-state index is 0. The predicted molar refractivity (Wildman–Crippen MR) is 25.8 cm³/mol. The summed E-state index contributed by atoms with van der Waals surface area (Å²) < 4.78 is 4.36. The van der Waals surface area contributed by atoms with Gasteiger partial charge >= 0.3 is 29.6 Å². The summed E-state index contributed by atoms with van der Waals surface area (Å²) in [5, 5.41) is 10.1. The largest absolute Gasteiger partial charge is 1.00 e. The molecule has 0 aromatic heterocycles. The maximum Gasteiger partial charge on any atom is 1.00 e. The molecule has 0 amide bonds. The average molecular weight is 138 g/mol. The van der Waals surface area contributed by atoms with Gasteiger partial charge in [-0.05, 0) is 12.7 Å². The number of aldehydes is 1. The Morgan fingerprint density at radius 2 is 2.33 bits per heavy atom. The van der Waals surface area contributed by atoms with E-state index in [2.05, 4.69) is 4.74 Å². The van der Waals surface area contributed by atoms with Crippen LogP contribution in [0, 0.1) is 0 Å². The normalized spacial score (nSPS) is 9.67. The van der Waals surface area contributed by atoms with E-state index in [1.165, 1.54) is 0 Å². The van der Waals surface area contributed by atoms with Crippen molar-refractivity contribution in [2.75, 3.05) is 6.61 Å². The zero-order chi connectivity index (χ0) is 6.41. The van der Waals surface area contributed by atoms with E-state index in [0.717, 1.165) is 6.08 Å². The Morgan fingerprint density at radius 1 is 1.78 bits per heavy atom. The van der Waals surface area contributed by atoms with Crippen molar-refractivity contribution >= 4 is 6.29 Å². The van der Waals surface area contributed by atoms with Crippen LogP contribution in [-0.4, -0.2) is 12.9 Å². The van der Waals surface area contributed by atoms with E-state index in [1.807, 2.05) is 0 Å². The Bertz CT molecular complexity index is 100. The molecule has 4 heteroatoms. The van der Waals surface area contributed by atoms with E-state index in [4.69, 9.17) is 0 Å². The van der Waals surface area contributed by atoms with Crippen LogP contribution < -0.4 is 34.7 Å². The fourth-order valence-corrected chi connectivity index (χ4v) is 0.246. The van der Waals surface area contributed by atoms with Gasteiger partial charge in [-0.1, -0.05) is 6.92 Å². The molecule has 0 rings (SSSR count). The summed E-state index contributed by atoms with van der Waals surface area (Å²) in [7, 11) is 0. The molecule has 3 nitrogen and oxygen atoms in total. The van der Waals surface area contributed by atoms with Gasteiger partial charge in [0.15, 0.2) is 0 Å². The SMILES string of the molecule is CCOC([O-])=CC=O.[Na+]. The van der Waals surface area contributed by atoms with Gasteiger partial charge in [0.1, 0.15) is 6.29 Å². The first-order chi connectivity index (χ1) is 3.81. The minimum atomic E-state index is -0.581. The second-order valence-corrected chi connectivity index (χ2v) is 1.05. The van der Waals surface area contributed by atoms with Gasteiger partial charge in [0, 0.05) is 0 Å². The van der Waals surface area contributed by atoms with Crippen molar-refractivity contribution in [2.24, 2.45) is 0 Å². The van der Waals surface area contributed by atoms with Gasteiger partial charge in [0.05, 0.1) is 5.95 Å². The standard InChI is InChI=1S/C5H8O3.Na/c1-2-8-5(7)3-4-6;/h3-4,7H,2H2,1H3;/q;+1/p-1. The van der Waals surface area contributed by atoms with Gasteiger partial charge in [-0.2, -0.15) is 0 Å². The molecule has 0 aliphatic heterocycles. The maximum atomic E-state index is 10.1. The monoisotopic (exact) mass is 138 g/mol. The van der Waals surface area contributed by atoms with Crippen molar-refractivity contribution in [1.82, 2.24) is 0 Å². The molecule has 0 saturated carbocycles. The summed E-state index contributed by atoms with van der Waals surface area (Å²) in [6.07, 6.45) is 1.24. The molecule has 0 heterocycles. The third-order valence-corrected chi connectivity index (χ3v) is 0.491. The van der Waals surface area contributed by atoms with Crippen molar-refractivity contribution in [1.29, 1.82) is 0 Å². The molecule has 0 unspecified atom stereocenters. The molecule has 46 valence electrons. The van der Waals surface area contributed by atoms with Crippen molar-refractivity contribution in [3.05, 3.63) is 12.0 Å². The van der Waals surface area contributed by atoms with Crippen LogP contribution in [0.2, 0.25) is 0 Å². The van der Waals surface area contributed by atoms with Crippen LogP contribution >= 0.6 is 0 Å². The van der Waals surface area contributed by atoms with Crippen molar-refractivity contribution in [3.8, 4) is 0 Å². The third-order valence-electron chi connectivity index (χ3n) is 0.491.